The molecule has 0 saturated carbocycles. The molecule has 0 aliphatic carbocycles. The van der Waals surface area contributed by atoms with E-state index in [1.807, 2.05) is 17.3 Å². The van der Waals surface area contributed by atoms with Crippen molar-refractivity contribution < 1.29 is 4.79 Å². The van der Waals surface area contributed by atoms with Crippen LogP contribution in [0.15, 0.2) is 17.4 Å². The Hall–Kier alpha value is -1.52. The molecule has 0 aromatic carbocycles. The number of guanidine groups is 1. The van der Waals surface area contributed by atoms with E-state index < -0.39 is 0 Å². The second-order valence-electron chi connectivity index (χ2n) is 4.72. The molecule has 1 amide bonds. The second kappa shape index (κ2) is 4.55. The van der Waals surface area contributed by atoms with Gasteiger partial charge in [0.25, 0.3) is 0 Å². The summed E-state index contributed by atoms with van der Waals surface area (Å²) in [5.41, 5.74) is 0.0463. The van der Waals surface area contributed by atoms with Gasteiger partial charge in [-0.3, -0.25) is 20.0 Å². The third kappa shape index (κ3) is 2.35. The average molecular weight is 224 g/mol. The highest BCUT2D eigenvalue weighted by Gasteiger charge is 2.32. The van der Waals surface area contributed by atoms with E-state index in [1.54, 1.807) is 7.05 Å². The van der Waals surface area contributed by atoms with Gasteiger partial charge < -0.3 is 4.90 Å². The Morgan fingerprint density at radius 2 is 2.06 bits per heavy atom. The summed E-state index contributed by atoms with van der Waals surface area (Å²) in [6.07, 6.45) is 4.73. The summed E-state index contributed by atoms with van der Waals surface area (Å²) in [5, 5.41) is 2.59. The van der Waals surface area contributed by atoms with Gasteiger partial charge in [-0.1, -0.05) is 0 Å². The second-order valence-corrected chi connectivity index (χ2v) is 4.72. The lowest BCUT2D eigenvalue weighted by molar-refractivity contribution is -0.108. The lowest BCUT2D eigenvalue weighted by Crippen LogP contribution is -2.50. The van der Waals surface area contributed by atoms with Crippen molar-refractivity contribution in [3.63, 3.8) is 0 Å². The summed E-state index contributed by atoms with van der Waals surface area (Å²) in [7, 11) is 1.66. The van der Waals surface area contributed by atoms with Crippen molar-refractivity contribution in [1.29, 1.82) is 0 Å². The number of rotatable bonds is 1. The fourth-order valence-corrected chi connectivity index (χ4v) is 1.87. The molecule has 1 atom stereocenters. The molecule has 0 aromatic heterocycles. The maximum atomic E-state index is 10.5. The Morgan fingerprint density at radius 3 is 2.44 bits per heavy atom. The van der Waals surface area contributed by atoms with Gasteiger partial charge in [-0.25, -0.2) is 0 Å². The van der Waals surface area contributed by atoms with Crippen LogP contribution < -0.4 is 5.32 Å². The van der Waals surface area contributed by atoms with Crippen LogP contribution in [0.3, 0.4) is 0 Å². The Bertz CT molecular complexity index is 316. The smallest absolute Gasteiger partial charge is 0.213 e. The predicted molar refractivity (Wildman–Crippen MR) is 64.6 cm³/mol. The number of aliphatic imine (C=N–C) groups is 1. The van der Waals surface area contributed by atoms with Crippen LogP contribution in [0.2, 0.25) is 0 Å². The van der Waals surface area contributed by atoms with Gasteiger partial charge >= 0.3 is 0 Å². The molecule has 1 rings (SSSR count). The maximum Gasteiger partial charge on any atom is 0.213 e. The molecular weight excluding hydrogens is 204 g/mol. The van der Waals surface area contributed by atoms with Crippen molar-refractivity contribution in [2.45, 2.75) is 39.4 Å². The maximum absolute atomic E-state index is 10.5. The summed E-state index contributed by atoms with van der Waals surface area (Å²) < 4.78 is 0. The molecule has 5 nitrogen and oxygen atoms in total. The van der Waals surface area contributed by atoms with Crippen LogP contribution in [0.5, 0.6) is 0 Å². The third-order valence-electron chi connectivity index (χ3n) is 2.61. The number of amides is 1. The van der Waals surface area contributed by atoms with E-state index in [9.17, 15) is 4.79 Å². The quantitative estimate of drug-likeness (QED) is 0.410. The molecule has 1 unspecified atom stereocenters. The first kappa shape index (κ1) is 12.5. The van der Waals surface area contributed by atoms with Crippen molar-refractivity contribution in [2.24, 2.45) is 4.99 Å². The first-order valence-corrected chi connectivity index (χ1v) is 5.34. The van der Waals surface area contributed by atoms with Gasteiger partial charge in [-0.15, -0.1) is 0 Å². The summed E-state index contributed by atoms with van der Waals surface area (Å²) in [6.45, 7) is 8.51. The van der Waals surface area contributed by atoms with Gasteiger partial charge in [-0.05, 0) is 27.7 Å². The Balaban J connectivity index is 2.82. The average Bonchev–Trinajstić information content (AvgIpc) is 2.56. The molecular formula is C11H20N4O. The largest absolute Gasteiger partial charge is 0.351 e. The van der Waals surface area contributed by atoms with Crippen LogP contribution in [0.25, 0.3) is 0 Å². The van der Waals surface area contributed by atoms with Gasteiger partial charge in [-0.2, -0.15) is 0 Å². The normalized spacial score (nSPS) is 21.6. The minimum Gasteiger partial charge on any atom is -0.351 e. The zero-order chi connectivity index (χ0) is 12.3. The predicted octanol–water partition coefficient (Wildman–Crippen LogP) is 0.951. The van der Waals surface area contributed by atoms with Gasteiger partial charge in [0.15, 0.2) is 0 Å². The zero-order valence-corrected chi connectivity index (χ0v) is 10.6. The fraction of sp³-hybridized carbons (Fsp3) is 0.636. The lowest BCUT2D eigenvalue weighted by Gasteiger charge is -2.38. The van der Waals surface area contributed by atoms with E-state index in [0.29, 0.717) is 12.4 Å². The van der Waals surface area contributed by atoms with E-state index in [-0.39, 0.29) is 11.7 Å². The summed E-state index contributed by atoms with van der Waals surface area (Å²) in [6, 6.07) is 0. The van der Waals surface area contributed by atoms with Crippen LogP contribution in [0.1, 0.15) is 27.7 Å². The summed E-state index contributed by atoms with van der Waals surface area (Å²) in [4.78, 5) is 18.7. The van der Waals surface area contributed by atoms with Crippen molar-refractivity contribution >= 4 is 12.4 Å². The van der Waals surface area contributed by atoms with Gasteiger partial charge in [0.05, 0.1) is 0 Å². The molecule has 0 saturated heterocycles. The molecule has 1 aliphatic heterocycles. The molecule has 0 spiro atoms. The van der Waals surface area contributed by atoms with Crippen LogP contribution in [0, 0.1) is 0 Å². The van der Waals surface area contributed by atoms with Crippen molar-refractivity contribution in [2.75, 3.05) is 7.05 Å². The molecule has 1 N–H and O–H groups in total. The fourth-order valence-electron chi connectivity index (χ4n) is 1.87. The van der Waals surface area contributed by atoms with Gasteiger partial charge in [0.1, 0.15) is 6.17 Å². The lowest BCUT2D eigenvalue weighted by atomic mass is 10.1. The van der Waals surface area contributed by atoms with Crippen LogP contribution in [-0.4, -0.2) is 40.9 Å². The Labute approximate surface area is 96.8 Å². The van der Waals surface area contributed by atoms with E-state index in [2.05, 4.69) is 42.9 Å². The van der Waals surface area contributed by atoms with E-state index in [4.69, 9.17) is 0 Å². The van der Waals surface area contributed by atoms with E-state index >= 15 is 0 Å². The molecule has 5 heteroatoms. The van der Waals surface area contributed by atoms with Crippen LogP contribution in [-0.2, 0) is 4.79 Å². The molecule has 0 radical (unpaired) electrons. The number of carbonyl (C=O) groups is 1. The van der Waals surface area contributed by atoms with Gasteiger partial charge in [0.2, 0.25) is 12.4 Å². The molecule has 0 aromatic rings. The Morgan fingerprint density at radius 1 is 1.44 bits per heavy atom. The molecule has 90 valence electrons. The first-order chi connectivity index (χ1) is 7.41. The highest BCUT2D eigenvalue weighted by atomic mass is 16.1. The highest BCUT2D eigenvalue weighted by Crippen LogP contribution is 2.24. The summed E-state index contributed by atoms with van der Waals surface area (Å²) in [5.74, 6) is 0.561. The molecule has 1 aliphatic rings. The summed E-state index contributed by atoms with van der Waals surface area (Å²) >= 11 is 0. The molecule has 0 fully saturated rings. The van der Waals surface area contributed by atoms with Crippen LogP contribution >= 0.6 is 0 Å². The highest BCUT2D eigenvalue weighted by molar-refractivity contribution is 5.89. The zero-order valence-electron chi connectivity index (χ0n) is 10.6. The number of carbonyl (C=O) groups excluding carboxylic acids is 1. The number of hydrogen-bond acceptors (Lipinski definition) is 3. The monoisotopic (exact) mass is 224 g/mol. The molecule has 1 heterocycles. The Kier molecular flexibility index (Phi) is 3.57. The minimum absolute atomic E-state index is 0.0463. The molecule has 16 heavy (non-hydrogen) atoms. The van der Waals surface area contributed by atoms with Crippen molar-refractivity contribution in [3.8, 4) is 0 Å². The topological polar surface area (TPSA) is 47.9 Å². The van der Waals surface area contributed by atoms with E-state index in [0.717, 1.165) is 0 Å². The van der Waals surface area contributed by atoms with Crippen molar-refractivity contribution in [1.82, 2.24) is 15.1 Å². The van der Waals surface area contributed by atoms with E-state index in [1.165, 1.54) is 0 Å². The third-order valence-corrected chi connectivity index (χ3v) is 2.61. The standard InChI is InChI=1S/C11H20N4O/c1-9-14(10(12-5)13-8-16)6-7-15(9)11(2,3)4/h6-9H,1-5H3,(H,12,13,16). The van der Waals surface area contributed by atoms with Crippen LogP contribution in [0.4, 0.5) is 0 Å². The first-order valence-electron chi connectivity index (χ1n) is 5.34. The van der Waals surface area contributed by atoms with Crippen molar-refractivity contribution in [3.05, 3.63) is 12.4 Å². The minimum atomic E-state index is 0.0463. The number of nitrogens with zero attached hydrogens (tertiary/aromatic N) is 3. The SMILES string of the molecule is CN=C(NC=O)N1C=CN(C(C)(C)C)C1C. The number of hydrogen-bond donors (Lipinski definition) is 1. The number of nitrogens with one attached hydrogen (secondary N) is 1. The van der Waals surface area contributed by atoms with Gasteiger partial charge in [0, 0.05) is 25.0 Å². The molecule has 0 bridgehead atoms.